The molecule has 6 nitrogen and oxygen atoms in total. The maximum Gasteiger partial charge on any atom is 0.232 e. The van der Waals surface area contributed by atoms with Crippen LogP contribution in [0.25, 0.3) is 0 Å². The summed E-state index contributed by atoms with van der Waals surface area (Å²) in [6.07, 6.45) is 1.84. The highest BCUT2D eigenvalue weighted by Crippen LogP contribution is 2.23. The van der Waals surface area contributed by atoms with Crippen LogP contribution in [0.1, 0.15) is 36.2 Å². The topological polar surface area (TPSA) is 83.6 Å². The van der Waals surface area contributed by atoms with Crippen LogP contribution in [0.5, 0.6) is 0 Å². The molecule has 2 rings (SSSR count). The Kier molecular flexibility index (Phi) is 6.74. The number of anilines is 2. The minimum absolute atomic E-state index is 0.0135. The number of carbonyl (C=O) groups excluding carboxylic acids is 2. The summed E-state index contributed by atoms with van der Waals surface area (Å²) in [5.74, 6) is -0.348. The van der Waals surface area contributed by atoms with E-state index in [1.165, 1.54) is 11.2 Å². The molecule has 0 saturated carbocycles. The van der Waals surface area contributed by atoms with Gasteiger partial charge in [-0.1, -0.05) is 25.1 Å². The van der Waals surface area contributed by atoms with Gasteiger partial charge in [-0.25, -0.2) is 8.42 Å². The van der Waals surface area contributed by atoms with Crippen molar-refractivity contribution in [1.29, 1.82) is 0 Å². The molecule has 0 aromatic heterocycles. The molecule has 144 valence electrons. The second kappa shape index (κ2) is 8.81. The van der Waals surface area contributed by atoms with E-state index < -0.39 is 10.0 Å². The molecule has 0 heterocycles. The van der Waals surface area contributed by atoms with E-state index in [1.807, 2.05) is 19.1 Å². The minimum atomic E-state index is -3.52. The maximum atomic E-state index is 12.2. The Morgan fingerprint density at radius 3 is 2.22 bits per heavy atom. The number of carbonyl (C=O) groups is 2. The van der Waals surface area contributed by atoms with Crippen molar-refractivity contribution in [3.8, 4) is 0 Å². The van der Waals surface area contributed by atoms with Gasteiger partial charge >= 0.3 is 0 Å². The normalized spacial score (nSPS) is 11.1. The van der Waals surface area contributed by atoms with Crippen molar-refractivity contribution in [1.82, 2.24) is 0 Å². The Labute approximate surface area is 160 Å². The standard InChI is InChI=1S/C20H24N2O4S/c1-4-16-7-5-6-8-19(16)22(27(3,25)26)14-13-20(24)21-18-11-9-17(10-12-18)15(2)23/h5-12H,4,13-14H2,1-3H3,(H,21,24). The molecule has 1 amide bonds. The van der Waals surface area contributed by atoms with Gasteiger partial charge in [-0.3, -0.25) is 13.9 Å². The van der Waals surface area contributed by atoms with Gasteiger partial charge in [0.15, 0.2) is 5.78 Å². The number of aryl methyl sites for hydroxylation is 1. The quantitative estimate of drug-likeness (QED) is 0.704. The summed E-state index contributed by atoms with van der Waals surface area (Å²) in [5.41, 5.74) is 2.63. The Morgan fingerprint density at radius 2 is 1.67 bits per heavy atom. The van der Waals surface area contributed by atoms with E-state index in [4.69, 9.17) is 0 Å². The van der Waals surface area contributed by atoms with Gasteiger partial charge in [0.25, 0.3) is 0 Å². The van der Waals surface area contributed by atoms with Gasteiger partial charge in [0.2, 0.25) is 15.9 Å². The highest BCUT2D eigenvalue weighted by molar-refractivity contribution is 7.92. The van der Waals surface area contributed by atoms with Crippen LogP contribution >= 0.6 is 0 Å². The first kappa shape index (κ1) is 20.6. The van der Waals surface area contributed by atoms with Gasteiger partial charge in [-0.05, 0) is 49.2 Å². The van der Waals surface area contributed by atoms with Crippen molar-refractivity contribution in [3.63, 3.8) is 0 Å². The molecule has 0 unspecified atom stereocenters. The van der Waals surface area contributed by atoms with Crippen LogP contribution in [0.2, 0.25) is 0 Å². The Bertz CT molecular complexity index is 921. The number of hydrogen-bond donors (Lipinski definition) is 1. The summed E-state index contributed by atoms with van der Waals surface area (Å²) >= 11 is 0. The number of hydrogen-bond acceptors (Lipinski definition) is 4. The Hall–Kier alpha value is -2.67. The van der Waals surface area contributed by atoms with E-state index >= 15 is 0 Å². The average molecular weight is 388 g/mol. The third kappa shape index (κ3) is 5.65. The zero-order chi connectivity index (χ0) is 20.0. The number of sulfonamides is 1. The number of nitrogens with one attached hydrogen (secondary N) is 1. The van der Waals surface area contributed by atoms with E-state index in [-0.39, 0.29) is 24.7 Å². The maximum absolute atomic E-state index is 12.2. The summed E-state index contributed by atoms with van der Waals surface area (Å²) in [5, 5.41) is 2.72. The van der Waals surface area contributed by atoms with E-state index in [1.54, 1.807) is 36.4 Å². The summed E-state index contributed by atoms with van der Waals surface area (Å²) in [4.78, 5) is 23.5. The summed E-state index contributed by atoms with van der Waals surface area (Å²) in [6, 6.07) is 13.8. The molecule has 1 N–H and O–H groups in total. The monoisotopic (exact) mass is 388 g/mol. The fourth-order valence-corrected chi connectivity index (χ4v) is 3.69. The fourth-order valence-electron chi connectivity index (χ4n) is 2.73. The molecule has 0 saturated heterocycles. The molecule has 0 fully saturated rings. The first-order chi connectivity index (χ1) is 12.7. The van der Waals surface area contributed by atoms with Crippen molar-refractivity contribution in [2.24, 2.45) is 0 Å². The highest BCUT2D eigenvalue weighted by atomic mass is 32.2. The van der Waals surface area contributed by atoms with Crippen LogP contribution in [0.15, 0.2) is 48.5 Å². The van der Waals surface area contributed by atoms with E-state index in [0.29, 0.717) is 23.4 Å². The zero-order valence-electron chi connectivity index (χ0n) is 15.7. The van der Waals surface area contributed by atoms with Crippen LogP contribution < -0.4 is 9.62 Å². The smallest absolute Gasteiger partial charge is 0.232 e. The van der Waals surface area contributed by atoms with E-state index in [2.05, 4.69) is 5.32 Å². The predicted molar refractivity (Wildman–Crippen MR) is 108 cm³/mol. The second-order valence-corrected chi connectivity index (χ2v) is 8.16. The number of amides is 1. The lowest BCUT2D eigenvalue weighted by Crippen LogP contribution is -2.33. The molecule has 0 atom stereocenters. The van der Waals surface area contributed by atoms with E-state index in [0.717, 1.165) is 11.8 Å². The van der Waals surface area contributed by atoms with Crippen LogP contribution in [0.4, 0.5) is 11.4 Å². The van der Waals surface area contributed by atoms with Crippen molar-refractivity contribution >= 4 is 33.1 Å². The fraction of sp³-hybridized carbons (Fsp3) is 0.300. The van der Waals surface area contributed by atoms with Gasteiger partial charge in [0.05, 0.1) is 11.9 Å². The van der Waals surface area contributed by atoms with Crippen molar-refractivity contribution in [3.05, 3.63) is 59.7 Å². The van der Waals surface area contributed by atoms with Crippen molar-refractivity contribution < 1.29 is 18.0 Å². The van der Waals surface area contributed by atoms with Crippen LogP contribution in [-0.2, 0) is 21.2 Å². The average Bonchev–Trinajstić information content (AvgIpc) is 2.61. The number of benzene rings is 2. The first-order valence-corrected chi connectivity index (χ1v) is 10.5. The third-order valence-electron chi connectivity index (χ3n) is 4.16. The molecule has 0 radical (unpaired) electrons. The molecule has 0 spiro atoms. The summed E-state index contributed by atoms with van der Waals surface area (Å²) < 4.78 is 25.7. The molecular weight excluding hydrogens is 364 g/mol. The van der Waals surface area contributed by atoms with Crippen LogP contribution in [0, 0.1) is 0 Å². The molecule has 0 aliphatic carbocycles. The SMILES string of the molecule is CCc1ccccc1N(CCC(=O)Nc1ccc(C(C)=O)cc1)S(C)(=O)=O. The van der Waals surface area contributed by atoms with Gasteiger partial charge in [-0.2, -0.15) is 0 Å². The number of rotatable bonds is 8. The molecule has 2 aromatic carbocycles. The zero-order valence-corrected chi connectivity index (χ0v) is 16.5. The Morgan fingerprint density at radius 1 is 1.04 bits per heavy atom. The lowest BCUT2D eigenvalue weighted by Gasteiger charge is -2.24. The van der Waals surface area contributed by atoms with Crippen molar-refractivity contribution in [2.75, 3.05) is 22.4 Å². The molecule has 7 heteroatoms. The van der Waals surface area contributed by atoms with Gasteiger partial charge in [-0.15, -0.1) is 0 Å². The molecule has 0 bridgehead atoms. The third-order valence-corrected chi connectivity index (χ3v) is 5.34. The molecular formula is C20H24N2O4S. The van der Waals surface area contributed by atoms with E-state index in [9.17, 15) is 18.0 Å². The number of ketones is 1. The predicted octanol–water partition coefficient (Wildman–Crippen LogP) is 3.25. The summed E-state index contributed by atoms with van der Waals surface area (Å²) in [7, 11) is -3.52. The minimum Gasteiger partial charge on any atom is -0.326 e. The lowest BCUT2D eigenvalue weighted by atomic mass is 10.1. The largest absolute Gasteiger partial charge is 0.326 e. The summed E-state index contributed by atoms with van der Waals surface area (Å²) in [6.45, 7) is 3.48. The lowest BCUT2D eigenvalue weighted by molar-refractivity contribution is -0.116. The molecule has 27 heavy (non-hydrogen) atoms. The molecule has 2 aromatic rings. The highest BCUT2D eigenvalue weighted by Gasteiger charge is 2.20. The Balaban J connectivity index is 2.08. The number of Topliss-reactive ketones (excluding diaryl/α,β-unsaturated/α-hetero) is 1. The van der Waals surface area contributed by atoms with Crippen LogP contribution in [-0.4, -0.2) is 32.9 Å². The first-order valence-electron chi connectivity index (χ1n) is 8.69. The van der Waals surface area contributed by atoms with Gasteiger partial charge < -0.3 is 5.32 Å². The van der Waals surface area contributed by atoms with Gasteiger partial charge in [0, 0.05) is 24.2 Å². The molecule has 0 aliphatic rings. The van der Waals surface area contributed by atoms with Crippen LogP contribution in [0.3, 0.4) is 0 Å². The second-order valence-electron chi connectivity index (χ2n) is 6.25. The number of para-hydroxylation sites is 1. The van der Waals surface area contributed by atoms with Crippen molar-refractivity contribution in [2.45, 2.75) is 26.7 Å². The number of nitrogens with zero attached hydrogens (tertiary/aromatic N) is 1. The van der Waals surface area contributed by atoms with Gasteiger partial charge in [0.1, 0.15) is 0 Å². The molecule has 0 aliphatic heterocycles.